The van der Waals surface area contributed by atoms with Crippen LogP contribution in [0, 0.1) is 40.4 Å². The van der Waals surface area contributed by atoms with Crippen molar-refractivity contribution < 1.29 is 34.8 Å². The summed E-state index contributed by atoms with van der Waals surface area (Å²) >= 11 is 0. The quantitative estimate of drug-likeness (QED) is 0.349. The summed E-state index contributed by atoms with van der Waals surface area (Å²) in [6.45, 7) is 7.27. The summed E-state index contributed by atoms with van der Waals surface area (Å²) in [6, 6.07) is 3.43. The maximum absolute atomic E-state index is 14.2. The number of fused-ring (bicyclic) bond motifs is 3. The summed E-state index contributed by atoms with van der Waals surface area (Å²) in [6.07, 6.45) is 5.26. The van der Waals surface area contributed by atoms with Gasteiger partial charge in [0.1, 0.15) is 17.8 Å². The number of phenolic OH excluding ortho intramolecular Hbond substituents is 1. The van der Waals surface area contributed by atoms with E-state index >= 15 is 0 Å². The Hall–Kier alpha value is -2.29. The molecule has 0 aromatic heterocycles. The molecule has 4 aliphatic carbocycles. The minimum Gasteiger partial charge on any atom is -0.507 e. The minimum absolute atomic E-state index is 0.157. The number of carbonyl (C=O) groups excluding carboxylic acids is 3. The molecule has 1 amide bonds. The lowest BCUT2D eigenvalue weighted by Gasteiger charge is -2.66. The highest BCUT2D eigenvalue weighted by Crippen LogP contribution is 2.65. The Balaban J connectivity index is 1.60. The molecule has 0 radical (unpaired) electrons. The molecule has 4 aliphatic rings. The largest absolute Gasteiger partial charge is 0.507 e. The van der Waals surface area contributed by atoms with E-state index in [0.29, 0.717) is 12.3 Å². The SMILES string of the molecule is CC(C)[C@H]1C(O)[C@@H](C(N)=O)C(=O)[C@]2(O)C(O)[C@H]3C(=O)c4c(O)ccc(CCC5CCCCC5)c4C[C@]3(C)C[C@]12C. The highest BCUT2D eigenvalue weighted by Gasteiger charge is 2.75. The predicted octanol–water partition coefficient (Wildman–Crippen LogP) is 3.09. The van der Waals surface area contributed by atoms with Crippen LogP contribution in [0.15, 0.2) is 12.1 Å². The van der Waals surface area contributed by atoms with Crippen molar-refractivity contribution in [1.82, 2.24) is 0 Å². The third-order valence-corrected chi connectivity index (χ3v) is 11.3. The zero-order chi connectivity index (χ0) is 29.4. The summed E-state index contributed by atoms with van der Waals surface area (Å²) in [4.78, 5) is 40.3. The number of carbonyl (C=O) groups is 3. The average Bonchev–Trinajstić information content (AvgIpc) is 2.86. The predicted molar refractivity (Wildman–Crippen MR) is 148 cm³/mol. The number of benzene rings is 1. The number of hydrogen-bond acceptors (Lipinski definition) is 7. The summed E-state index contributed by atoms with van der Waals surface area (Å²) in [5, 5.41) is 46.2. The molecule has 3 fully saturated rings. The van der Waals surface area contributed by atoms with Crippen molar-refractivity contribution in [3.8, 4) is 5.75 Å². The lowest BCUT2D eigenvalue weighted by molar-refractivity contribution is -0.265. The molecule has 8 atom stereocenters. The Kier molecular flexibility index (Phi) is 7.24. The molecule has 0 saturated heterocycles. The zero-order valence-corrected chi connectivity index (χ0v) is 24.2. The topological polar surface area (TPSA) is 158 Å². The first kappa shape index (κ1) is 29.2. The molecule has 8 heteroatoms. The van der Waals surface area contributed by atoms with Crippen molar-refractivity contribution in [2.24, 2.45) is 46.2 Å². The molecule has 0 bridgehead atoms. The summed E-state index contributed by atoms with van der Waals surface area (Å²) < 4.78 is 0. The first-order valence-corrected chi connectivity index (χ1v) is 15.0. The highest BCUT2D eigenvalue weighted by atomic mass is 16.4. The molecule has 1 aromatic carbocycles. The van der Waals surface area contributed by atoms with Crippen LogP contribution in [0.25, 0.3) is 0 Å². The fourth-order valence-electron chi connectivity index (χ4n) is 9.66. The van der Waals surface area contributed by atoms with Gasteiger partial charge < -0.3 is 26.2 Å². The summed E-state index contributed by atoms with van der Waals surface area (Å²) in [7, 11) is 0. The van der Waals surface area contributed by atoms with Crippen LogP contribution in [0.3, 0.4) is 0 Å². The molecule has 0 heterocycles. The van der Waals surface area contributed by atoms with Gasteiger partial charge in [0.15, 0.2) is 17.2 Å². The number of Topliss-reactive ketones (excluding diaryl/α,β-unsaturated/α-hetero) is 2. The Morgan fingerprint density at radius 3 is 2.35 bits per heavy atom. The van der Waals surface area contributed by atoms with E-state index in [-0.39, 0.29) is 23.7 Å². The number of aryl methyl sites for hydroxylation is 1. The number of amides is 1. The van der Waals surface area contributed by atoms with Crippen LogP contribution in [0.4, 0.5) is 0 Å². The second-order valence-corrected chi connectivity index (χ2v) is 14.1. The van der Waals surface area contributed by atoms with E-state index in [4.69, 9.17) is 5.73 Å². The molecule has 8 nitrogen and oxygen atoms in total. The Morgan fingerprint density at radius 2 is 1.75 bits per heavy atom. The van der Waals surface area contributed by atoms with E-state index in [0.717, 1.165) is 24.0 Å². The average molecular weight is 556 g/mol. The Labute approximate surface area is 236 Å². The molecule has 0 spiro atoms. The maximum atomic E-state index is 14.2. The van der Waals surface area contributed by atoms with Crippen molar-refractivity contribution in [3.05, 3.63) is 28.8 Å². The van der Waals surface area contributed by atoms with Gasteiger partial charge in [-0.05, 0) is 66.0 Å². The van der Waals surface area contributed by atoms with E-state index in [1.807, 2.05) is 26.8 Å². The first-order valence-electron chi connectivity index (χ1n) is 15.0. The van der Waals surface area contributed by atoms with Gasteiger partial charge in [0, 0.05) is 5.41 Å². The zero-order valence-electron chi connectivity index (χ0n) is 24.2. The first-order chi connectivity index (χ1) is 18.7. The number of hydrogen-bond donors (Lipinski definition) is 5. The van der Waals surface area contributed by atoms with Gasteiger partial charge in [-0.1, -0.05) is 65.9 Å². The van der Waals surface area contributed by atoms with Crippen LogP contribution in [0.5, 0.6) is 5.75 Å². The van der Waals surface area contributed by atoms with Crippen LogP contribution in [-0.4, -0.2) is 55.7 Å². The van der Waals surface area contributed by atoms with Gasteiger partial charge in [-0.15, -0.1) is 0 Å². The van der Waals surface area contributed by atoms with Gasteiger partial charge in [0.25, 0.3) is 0 Å². The number of rotatable bonds is 5. The van der Waals surface area contributed by atoms with Gasteiger partial charge in [-0.2, -0.15) is 0 Å². The second-order valence-electron chi connectivity index (χ2n) is 14.1. The van der Waals surface area contributed by atoms with Crippen molar-refractivity contribution in [3.63, 3.8) is 0 Å². The minimum atomic E-state index is -2.48. The van der Waals surface area contributed by atoms with Crippen LogP contribution in [-0.2, 0) is 22.4 Å². The van der Waals surface area contributed by atoms with Gasteiger partial charge in [0.05, 0.1) is 17.6 Å². The molecule has 6 N–H and O–H groups in total. The maximum Gasteiger partial charge on any atom is 0.230 e. The van der Waals surface area contributed by atoms with E-state index in [1.54, 1.807) is 6.92 Å². The number of nitrogens with two attached hydrogens (primary N) is 1. The van der Waals surface area contributed by atoms with E-state index < -0.39 is 63.9 Å². The van der Waals surface area contributed by atoms with Crippen molar-refractivity contribution >= 4 is 17.5 Å². The molecule has 0 aliphatic heterocycles. The number of ketones is 2. The number of primary amides is 1. The highest BCUT2D eigenvalue weighted by molar-refractivity contribution is 6.09. The van der Waals surface area contributed by atoms with E-state index in [9.17, 15) is 34.8 Å². The lowest BCUT2D eigenvalue weighted by atomic mass is 9.39. The molecular formula is C32H45NO7. The second kappa shape index (κ2) is 9.92. The standard InChI is InChI=1S/C32H45NO7/c1-16(2)23-26(36)22(29(33)39)27(37)32(40)28(38)24-25(35)21-19(14-30(24,3)15-31(23,32)4)18(12-13-20(21)34)11-10-17-8-6-5-7-9-17/h12-13,16-17,22-24,26,28,34,36,38,40H,5-11,14-15H2,1-4H3,(H2,33,39)/t22-,23+,24-,26?,28?,30-,31-,32+/m1/s1. The van der Waals surface area contributed by atoms with Crippen LogP contribution >= 0.6 is 0 Å². The fraction of sp³-hybridized carbons (Fsp3) is 0.719. The summed E-state index contributed by atoms with van der Waals surface area (Å²) in [5.41, 5.74) is 2.79. The van der Waals surface area contributed by atoms with Gasteiger partial charge in [0.2, 0.25) is 5.91 Å². The van der Waals surface area contributed by atoms with Crippen molar-refractivity contribution in [1.29, 1.82) is 0 Å². The van der Waals surface area contributed by atoms with Crippen LogP contribution in [0.2, 0.25) is 0 Å². The molecule has 1 aromatic rings. The number of phenols is 1. The lowest BCUT2D eigenvalue weighted by Crippen LogP contribution is -2.79. The smallest absolute Gasteiger partial charge is 0.230 e. The molecule has 40 heavy (non-hydrogen) atoms. The Bertz CT molecular complexity index is 1220. The molecule has 2 unspecified atom stereocenters. The van der Waals surface area contributed by atoms with Gasteiger partial charge in [-0.25, -0.2) is 0 Å². The fourth-order valence-corrected chi connectivity index (χ4v) is 9.66. The van der Waals surface area contributed by atoms with Crippen LogP contribution in [0.1, 0.15) is 94.1 Å². The van der Waals surface area contributed by atoms with Crippen LogP contribution < -0.4 is 5.73 Å². The van der Waals surface area contributed by atoms with Gasteiger partial charge in [-0.3, -0.25) is 14.4 Å². The number of aliphatic hydroxyl groups excluding tert-OH is 2. The Morgan fingerprint density at radius 1 is 1.10 bits per heavy atom. The molecule has 3 saturated carbocycles. The van der Waals surface area contributed by atoms with E-state index in [1.165, 1.54) is 38.2 Å². The number of aromatic hydroxyl groups is 1. The summed E-state index contributed by atoms with van der Waals surface area (Å²) in [5.74, 6) is -6.03. The van der Waals surface area contributed by atoms with Crippen molar-refractivity contribution in [2.75, 3.05) is 0 Å². The monoisotopic (exact) mass is 555 g/mol. The third-order valence-electron chi connectivity index (χ3n) is 11.3. The molecule has 5 rings (SSSR count). The van der Waals surface area contributed by atoms with Gasteiger partial charge >= 0.3 is 0 Å². The normalized spacial score (nSPS) is 40.0. The molecular weight excluding hydrogens is 510 g/mol. The number of aliphatic hydroxyl groups is 3. The van der Waals surface area contributed by atoms with E-state index in [2.05, 4.69) is 0 Å². The van der Waals surface area contributed by atoms with Crippen molar-refractivity contribution in [2.45, 2.75) is 103 Å². The third kappa shape index (κ3) is 4.00. The molecule has 220 valence electrons.